The number of primary amides is 1. The van der Waals surface area contributed by atoms with Gasteiger partial charge in [0.05, 0.1) is 23.5 Å². The lowest BCUT2D eigenvalue weighted by Crippen LogP contribution is -2.25. The van der Waals surface area contributed by atoms with E-state index in [2.05, 4.69) is 0 Å². The molecule has 0 aliphatic heterocycles. The van der Waals surface area contributed by atoms with Gasteiger partial charge in [0.2, 0.25) is 5.91 Å². The fourth-order valence-corrected chi connectivity index (χ4v) is 1.37. The van der Waals surface area contributed by atoms with Gasteiger partial charge in [0, 0.05) is 5.56 Å². The van der Waals surface area contributed by atoms with Crippen LogP contribution in [0.2, 0.25) is 0 Å². The summed E-state index contributed by atoms with van der Waals surface area (Å²) in [5.74, 6) is -0.583. The van der Waals surface area contributed by atoms with Crippen LogP contribution in [0, 0.1) is 22.7 Å². The molecule has 0 saturated heterocycles. The van der Waals surface area contributed by atoms with Crippen molar-refractivity contribution in [3.05, 3.63) is 23.8 Å². The summed E-state index contributed by atoms with van der Waals surface area (Å²) in [5.41, 5.74) is 12.0. The Bertz CT molecular complexity index is 496. The van der Waals surface area contributed by atoms with Crippen LogP contribution in [-0.2, 0) is 0 Å². The molecule has 0 atom stereocenters. The molecule has 0 aromatic heterocycles. The minimum absolute atomic E-state index is 0.0139. The van der Waals surface area contributed by atoms with Crippen LogP contribution < -0.4 is 16.4 Å². The van der Waals surface area contributed by atoms with Gasteiger partial charge in [0.25, 0.3) is 0 Å². The van der Waals surface area contributed by atoms with Crippen LogP contribution in [0.25, 0.3) is 0 Å². The first-order valence-electron chi connectivity index (χ1n) is 4.78. The number of hydrogen-bond donors (Lipinski definition) is 2. The maximum Gasteiger partial charge on any atom is 0.248 e. The van der Waals surface area contributed by atoms with Crippen LogP contribution in [-0.4, -0.2) is 19.0 Å². The molecule has 0 bridgehead atoms. The number of nitriles is 2. The van der Waals surface area contributed by atoms with E-state index in [4.69, 9.17) is 22.0 Å². The molecule has 6 nitrogen and oxygen atoms in total. The van der Waals surface area contributed by atoms with Crippen molar-refractivity contribution in [3.63, 3.8) is 0 Å². The van der Waals surface area contributed by atoms with Gasteiger partial charge in [0.15, 0.2) is 0 Å². The minimum Gasteiger partial charge on any atom is -0.397 e. The van der Waals surface area contributed by atoms with Crippen molar-refractivity contribution in [1.29, 1.82) is 10.5 Å². The molecule has 0 saturated carbocycles. The van der Waals surface area contributed by atoms with Gasteiger partial charge in [0.1, 0.15) is 13.1 Å². The minimum atomic E-state index is -0.583. The molecule has 4 N–H and O–H groups in total. The molecule has 86 valence electrons. The Morgan fingerprint density at radius 3 is 2.35 bits per heavy atom. The van der Waals surface area contributed by atoms with Crippen LogP contribution >= 0.6 is 0 Å². The fourth-order valence-electron chi connectivity index (χ4n) is 1.37. The lowest BCUT2D eigenvalue weighted by molar-refractivity contribution is 0.100. The lowest BCUT2D eigenvalue weighted by atomic mass is 10.1. The highest BCUT2D eigenvalue weighted by atomic mass is 16.1. The number of nitrogen functional groups attached to an aromatic ring is 1. The number of nitrogens with zero attached hydrogens (tertiary/aromatic N) is 3. The number of amides is 1. The molecule has 6 heteroatoms. The third-order valence-electron chi connectivity index (χ3n) is 2.18. The zero-order valence-electron chi connectivity index (χ0n) is 9.05. The number of anilines is 2. The second-order valence-corrected chi connectivity index (χ2v) is 3.31. The van der Waals surface area contributed by atoms with E-state index >= 15 is 0 Å². The summed E-state index contributed by atoms with van der Waals surface area (Å²) in [4.78, 5) is 12.5. The number of nitrogens with two attached hydrogens (primary N) is 2. The summed E-state index contributed by atoms with van der Waals surface area (Å²) in [7, 11) is 0. The van der Waals surface area contributed by atoms with Crippen molar-refractivity contribution in [2.45, 2.75) is 0 Å². The first-order chi connectivity index (χ1) is 8.10. The zero-order chi connectivity index (χ0) is 12.8. The summed E-state index contributed by atoms with van der Waals surface area (Å²) >= 11 is 0. The Labute approximate surface area is 98.6 Å². The summed E-state index contributed by atoms with van der Waals surface area (Å²) in [6.45, 7) is 0.0277. The molecule has 0 unspecified atom stereocenters. The smallest absolute Gasteiger partial charge is 0.248 e. The van der Waals surface area contributed by atoms with E-state index in [0.717, 1.165) is 0 Å². The number of carbonyl (C=O) groups excluding carboxylic acids is 1. The molecule has 0 aliphatic rings. The van der Waals surface area contributed by atoms with Crippen molar-refractivity contribution in [3.8, 4) is 12.1 Å². The second kappa shape index (κ2) is 5.38. The van der Waals surface area contributed by atoms with Crippen molar-refractivity contribution in [2.24, 2.45) is 5.73 Å². The van der Waals surface area contributed by atoms with Crippen LogP contribution in [0.5, 0.6) is 0 Å². The number of hydrogen-bond acceptors (Lipinski definition) is 5. The summed E-state index contributed by atoms with van der Waals surface area (Å²) in [5, 5.41) is 17.3. The average molecular weight is 229 g/mol. The van der Waals surface area contributed by atoms with E-state index < -0.39 is 5.91 Å². The van der Waals surface area contributed by atoms with E-state index in [-0.39, 0.29) is 18.7 Å². The summed E-state index contributed by atoms with van der Waals surface area (Å²) < 4.78 is 0. The molecule has 1 amide bonds. The zero-order valence-corrected chi connectivity index (χ0v) is 9.05. The van der Waals surface area contributed by atoms with Gasteiger partial charge in [-0.2, -0.15) is 10.5 Å². The molecular weight excluding hydrogens is 218 g/mol. The number of rotatable bonds is 4. The van der Waals surface area contributed by atoms with Gasteiger partial charge in [-0.1, -0.05) is 0 Å². The Morgan fingerprint density at radius 1 is 1.29 bits per heavy atom. The van der Waals surface area contributed by atoms with Gasteiger partial charge in [-0.05, 0) is 18.2 Å². The van der Waals surface area contributed by atoms with E-state index in [0.29, 0.717) is 11.4 Å². The quantitative estimate of drug-likeness (QED) is 0.565. The maximum absolute atomic E-state index is 11.0. The Hall–Kier alpha value is -2.73. The second-order valence-electron chi connectivity index (χ2n) is 3.31. The largest absolute Gasteiger partial charge is 0.397 e. The normalized spacial score (nSPS) is 9.06. The molecule has 0 heterocycles. The van der Waals surface area contributed by atoms with Crippen LogP contribution in [0.1, 0.15) is 10.4 Å². The topological polar surface area (TPSA) is 120 Å². The van der Waals surface area contributed by atoms with Gasteiger partial charge in [-0.25, -0.2) is 0 Å². The van der Waals surface area contributed by atoms with Crippen molar-refractivity contribution in [2.75, 3.05) is 23.7 Å². The predicted octanol–water partition coefficient (Wildman–Crippen LogP) is 0.221. The highest BCUT2D eigenvalue weighted by Crippen LogP contribution is 2.24. The van der Waals surface area contributed by atoms with Crippen LogP contribution in [0.15, 0.2) is 18.2 Å². The molecule has 1 aromatic carbocycles. The molecule has 17 heavy (non-hydrogen) atoms. The molecule has 1 aromatic rings. The van der Waals surface area contributed by atoms with E-state index in [9.17, 15) is 4.79 Å². The first-order valence-corrected chi connectivity index (χ1v) is 4.78. The molecular formula is C11H11N5O. The first kappa shape index (κ1) is 12.3. The molecule has 0 spiro atoms. The van der Waals surface area contributed by atoms with Gasteiger partial charge < -0.3 is 16.4 Å². The monoisotopic (exact) mass is 229 g/mol. The molecule has 0 aliphatic carbocycles. The highest BCUT2D eigenvalue weighted by molar-refractivity contribution is 5.95. The molecule has 1 rings (SSSR count). The maximum atomic E-state index is 11.0. The number of benzene rings is 1. The van der Waals surface area contributed by atoms with E-state index in [1.807, 2.05) is 12.1 Å². The lowest BCUT2D eigenvalue weighted by Gasteiger charge is -2.20. The van der Waals surface area contributed by atoms with Crippen LogP contribution in [0.4, 0.5) is 11.4 Å². The predicted molar refractivity (Wildman–Crippen MR) is 62.8 cm³/mol. The van der Waals surface area contributed by atoms with Crippen LogP contribution in [0.3, 0.4) is 0 Å². The van der Waals surface area contributed by atoms with E-state index in [1.54, 1.807) is 0 Å². The van der Waals surface area contributed by atoms with E-state index in [1.165, 1.54) is 23.1 Å². The van der Waals surface area contributed by atoms with Crippen molar-refractivity contribution >= 4 is 17.3 Å². The average Bonchev–Trinajstić information content (AvgIpc) is 2.29. The number of carbonyl (C=O) groups is 1. The van der Waals surface area contributed by atoms with Gasteiger partial charge >= 0.3 is 0 Å². The Kier molecular flexibility index (Phi) is 3.91. The Morgan fingerprint density at radius 2 is 1.88 bits per heavy atom. The molecule has 0 fully saturated rings. The third kappa shape index (κ3) is 2.86. The molecule has 0 radical (unpaired) electrons. The summed E-state index contributed by atoms with van der Waals surface area (Å²) in [6.07, 6.45) is 0. The van der Waals surface area contributed by atoms with Crippen molar-refractivity contribution < 1.29 is 4.79 Å². The summed E-state index contributed by atoms with van der Waals surface area (Å²) in [6, 6.07) is 8.36. The fraction of sp³-hybridized carbons (Fsp3) is 0.182. The van der Waals surface area contributed by atoms with Crippen molar-refractivity contribution in [1.82, 2.24) is 0 Å². The highest BCUT2D eigenvalue weighted by Gasteiger charge is 2.11. The third-order valence-corrected chi connectivity index (χ3v) is 2.18. The van der Waals surface area contributed by atoms with Gasteiger partial charge in [-0.15, -0.1) is 0 Å². The van der Waals surface area contributed by atoms with Gasteiger partial charge in [-0.3, -0.25) is 4.79 Å². The standard InChI is InChI=1S/C11H11N5O/c12-3-5-16(6-4-13)10-7-8(11(15)17)1-2-9(10)14/h1-2,7H,5-6,14H2,(H2,15,17). The SMILES string of the molecule is N#CCN(CC#N)c1cc(C(N)=O)ccc1N. The Balaban J connectivity index is 3.18.